The van der Waals surface area contributed by atoms with Crippen molar-refractivity contribution < 1.29 is 26.4 Å². The lowest BCUT2D eigenvalue weighted by Crippen LogP contribution is -2.62. The normalized spacial score (nSPS) is 19.5. The van der Waals surface area contributed by atoms with Crippen LogP contribution in [0.15, 0.2) is 30.3 Å². The molecule has 0 heterocycles. The number of primary amides is 1. The molecule has 1 aliphatic carbocycles. The summed E-state index contributed by atoms with van der Waals surface area (Å²) in [4.78, 5) is 9.27. The van der Waals surface area contributed by atoms with Crippen LogP contribution in [0.3, 0.4) is 0 Å². The van der Waals surface area contributed by atoms with E-state index in [0.29, 0.717) is 12.8 Å². The predicted octanol–water partition coefficient (Wildman–Crippen LogP) is 1.91. The van der Waals surface area contributed by atoms with Crippen LogP contribution in [-0.2, 0) is 14.6 Å². The Bertz CT molecular complexity index is 702. The molecule has 0 unspecified atom stereocenters. The summed E-state index contributed by atoms with van der Waals surface area (Å²) in [5.74, 6) is -1.84. The first-order valence-electron chi connectivity index (χ1n) is 7.39. The fraction of sp³-hybridized carbons (Fsp3) is 0.533. The first-order chi connectivity index (χ1) is 11.0. The van der Waals surface area contributed by atoms with E-state index in [-0.39, 0.29) is 17.2 Å². The maximum atomic E-state index is 13.5. The van der Waals surface area contributed by atoms with Crippen molar-refractivity contribution in [2.45, 2.75) is 36.9 Å². The summed E-state index contributed by atoms with van der Waals surface area (Å²) in [6, 6.07) is 4.42. The summed E-state index contributed by atoms with van der Waals surface area (Å²) in [6.07, 6.45) is -3.45. The number of alkyl halides is 3. The molecule has 3 N–H and O–H groups in total. The van der Waals surface area contributed by atoms with Crippen molar-refractivity contribution in [3.8, 4) is 0 Å². The largest absolute Gasteiger partial charge is 0.407 e. The minimum Gasteiger partial charge on any atom is -0.367 e. The number of hydrogen-bond acceptors (Lipinski definition) is 4. The molecule has 2 rings (SSSR count). The van der Waals surface area contributed by atoms with Gasteiger partial charge in [-0.1, -0.05) is 30.3 Å². The van der Waals surface area contributed by atoms with Gasteiger partial charge in [-0.2, -0.15) is 13.2 Å². The maximum absolute atomic E-state index is 13.5. The van der Waals surface area contributed by atoms with Gasteiger partial charge in [0.2, 0.25) is 0 Å². The third kappa shape index (κ3) is 3.89. The van der Waals surface area contributed by atoms with Crippen LogP contribution >= 0.6 is 0 Å². The van der Waals surface area contributed by atoms with E-state index in [9.17, 15) is 26.4 Å². The zero-order chi connectivity index (χ0) is 18.2. The van der Waals surface area contributed by atoms with Crippen molar-refractivity contribution in [1.82, 2.24) is 5.32 Å². The molecule has 5 nitrogen and oxygen atoms in total. The lowest BCUT2D eigenvalue weighted by Gasteiger charge is -2.33. The summed E-state index contributed by atoms with van der Waals surface area (Å²) in [5, 5.41) is 1.97. The van der Waals surface area contributed by atoms with Gasteiger partial charge in [0.25, 0.3) is 5.91 Å². The van der Waals surface area contributed by atoms with E-state index in [4.69, 9.17) is 5.73 Å². The number of amides is 1. The molecule has 1 aromatic carbocycles. The summed E-state index contributed by atoms with van der Waals surface area (Å²) >= 11 is 0. The van der Waals surface area contributed by atoms with Crippen LogP contribution in [0.25, 0.3) is 0 Å². The fourth-order valence-electron chi connectivity index (χ4n) is 2.35. The monoisotopic (exact) mass is 364 g/mol. The Morgan fingerprint density at radius 3 is 2.25 bits per heavy atom. The van der Waals surface area contributed by atoms with Gasteiger partial charge in [-0.15, -0.1) is 0 Å². The standard InChI is InChI=1S/C15H19F3N2O3S/c1-14(13(19)21,24(22,23)9-10-7-8-10)20-12(15(16,17)18)11-5-3-2-4-6-11/h2-6,10,12,20H,7-9H2,1H3,(H2,19,21)/t12-,14+/m0/s1. The van der Waals surface area contributed by atoms with Crippen LogP contribution in [0.2, 0.25) is 0 Å². The molecule has 134 valence electrons. The molecule has 0 saturated heterocycles. The number of nitrogens with one attached hydrogen (secondary N) is 1. The Balaban J connectivity index is 2.41. The van der Waals surface area contributed by atoms with E-state index in [2.05, 4.69) is 0 Å². The van der Waals surface area contributed by atoms with E-state index < -0.39 is 32.8 Å². The van der Waals surface area contributed by atoms with Gasteiger partial charge in [0.1, 0.15) is 6.04 Å². The van der Waals surface area contributed by atoms with Crippen LogP contribution in [0.5, 0.6) is 0 Å². The number of rotatable bonds is 7. The topological polar surface area (TPSA) is 89.3 Å². The van der Waals surface area contributed by atoms with E-state index in [1.165, 1.54) is 30.3 Å². The molecule has 1 fully saturated rings. The highest BCUT2D eigenvalue weighted by molar-refractivity contribution is 7.93. The first-order valence-corrected chi connectivity index (χ1v) is 9.04. The molecule has 9 heteroatoms. The Morgan fingerprint density at radius 1 is 1.29 bits per heavy atom. The minimum absolute atomic E-state index is 0.128. The van der Waals surface area contributed by atoms with Crippen molar-refractivity contribution in [2.75, 3.05) is 5.75 Å². The van der Waals surface area contributed by atoms with Crippen LogP contribution in [0, 0.1) is 5.92 Å². The fourth-order valence-corrected chi connectivity index (χ4v) is 4.24. The molecule has 1 amide bonds. The molecule has 1 aliphatic rings. The Kier molecular flexibility index (Phi) is 4.96. The van der Waals surface area contributed by atoms with Gasteiger partial charge in [0.05, 0.1) is 5.75 Å². The van der Waals surface area contributed by atoms with Gasteiger partial charge in [-0.3, -0.25) is 10.1 Å². The first kappa shape index (κ1) is 18.7. The highest BCUT2D eigenvalue weighted by Crippen LogP contribution is 2.37. The number of nitrogens with two attached hydrogens (primary N) is 1. The average molecular weight is 364 g/mol. The molecule has 0 aromatic heterocycles. The van der Waals surface area contributed by atoms with Crippen LogP contribution in [-0.4, -0.2) is 31.1 Å². The molecule has 0 aliphatic heterocycles. The zero-order valence-electron chi connectivity index (χ0n) is 13.0. The zero-order valence-corrected chi connectivity index (χ0v) is 13.8. The van der Waals surface area contributed by atoms with Crippen molar-refractivity contribution in [3.63, 3.8) is 0 Å². The van der Waals surface area contributed by atoms with Crippen molar-refractivity contribution in [1.29, 1.82) is 0 Å². The van der Waals surface area contributed by atoms with Gasteiger partial charge in [-0.05, 0) is 31.2 Å². The van der Waals surface area contributed by atoms with Crippen molar-refractivity contribution in [3.05, 3.63) is 35.9 Å². The molecular formula is C15H19F3N2O3S. The SMILES string of the molecule is C[C@](N[C@@H](c1ccccc1)C(F)(F)F)(C(N)=O)S(=O)(=O)CC1CC1. The van der Waals surface area contributed by atoms with Crippen LogP contribution in [0.1, 0.15) is 31.4 Å². The number of hydrogen-bond donors (Lipinski definition) is 2. The number of halogens is 3. The molecule has 24 heavy (non-hydrogen) atoms. The molecule has 0 spiro atoms. The molecular weight excluding hydrogens is 345 g/mol. The van der Waals surface area contributed by atoms with E-state index in [1.807, 2.05) is 5.32 Å². The number of carbonyl (C=O) groups is 1. The maximum Gasteiger partial charge on any atom is 0.407 e. The number of carbonyl (C=O) groups excluding carboxylic acids is 1. The smallest absolute Gasteiger partial charge is 0.367 e. The van der Waals surface area contributed by atoms with E-state index >= 15 is 0 Å². The molecule has 0 bridgehead atoms. The summed E-state index contributed by atoms with van der Waals surface area (Å²) in [6.45, 7) is 0.898. The second-order valence-corrected chi connectivity index (χ2v) is 8.53. The number of benzene rings is 1. The summed E-state index contributed by atoms with van der Waals surface area (Å²) in [5.41, 5.74) is 4.98. The Labute approximate surface area is 138 Å². The quantitative estimate of drug-likeness (QED) is 0.773. The van der Waals surface area contributed by atoms with E-state index in [0.717, 1.165) is 6.92 Å². The van der Waals surface area contributed by atoms with Gasteiger partial charge >= 0.3 is 6.18 Å². The molecule has 1 saturated carbocycles. The van der Waals surface area contributed by atoms with Crippen LogP contribution < -0.4 is 11.1 Å². The lowest BCUT2D eigenvalue weighted by atomic mass is 10.1. The van der Waals surface area contributed by atoms with E-state index in [1.54, 1.807) is 0 Å². The summed E-state index contributed by atoms with van der Waals surface area (Å²) in [7, 11) is -4.21. The summed E-state index contributed by atoms with van der Waals surface area (Å²) < 4.78 is 65.4. The van der Waals surface area contributed by atoms with Crippen LogP contribution in [0.4, 0.5) is 13.2 Å². The lowest BCUT2D eigenvalue weighted by molar-refractivity contribution is -0.161. The highest BCUT2D eigenvalue weighted by atomic mass is 32.2. The van der Waals surface area contributed by atoms with Gasteiger partial charge in [0, 0.05) is 0 Å². The average Bonchev–Trinajstić information content (AvgIpc) is 3.27. The second-order valence-electron chi connectivity index (χ2n) is 6.15. The highest BCUT2D eigenvalue weighted by Gasteiger charge is 2.53. The Hall–Kier alpha value is -1.61. The number of sulfone groups is 1. The Morgan fingerprint density at radius 2 is 1.83 bits per heavy atom. The van der Waals surface area contributed by atoms with Gasteiger partial charge in [0.15, 0.2) is 14.7 Å². The van der Waals surface area contributed by atoms with Gasteiger partial charge in [-0.25, -0.2) is 8.42 Å². The molecule has 2 atom stereocenters. The third-order valence-corrected chi connectivity index (χ3v) is 6.60. The second kappa shape index (κ2) is 6.36. The predicted molar refractivity (Wildman–Crippen MR) is 82.5 cm³/mol. The molecule has 1 aromatic rings. The van der Waals surface area contributed by atoms with Crippen molar-refractivity contribution >= 4 is 15.7 Å². The third-order valence-electron chi connectivity index (χ3n) is 4.12. The molecule has 0 radical (unpaired) electrons. The van der Waals surface area contributed by atoms with Gasteiger partial charge < -0.3 is 5.73 Å². The van der Waals surface area contributed by atoms with Crippen molar-refractivity contribution in [2.24, 2.45) is 11.7 Å². The minimum atomic E-state index is -4.80.